The molecular formula is C18H20ClN5O2. The molecule has 0 saturated carbocycles. The summed E-state index contributed by atoms with van der Waals surface area (Å²) in [6.07, 6.45) is 0. The summed E-state index contributed by atoms with van der Waals surface area (Å²) in [5.74, 6) is 1.22. The smallest absolute Gasteiger partial charge is 0.254 e. The fourth-order valence-corrected chi connectivity index (χ4v) is 3.70. The average Bonchev–Trinajstić information content (AvgIpc) is 3.01. The van der Waals surface area contributed by atoms with Crippen LogP contribution in [0, 0.1) is 6.92 Å². The fourth-order valence-electron chi connectivity index (χ4n) is 3.46. The van der Waals surface area contributed by atoms with Crippen molar-refractivity contribution >= 4 is 23.5 Å². The molecule has 1 aromatic heterocycles. The molecule has 2 aliphatic heterocycles. The van der Waals surface area contributed by atoms with Crippen LogP contribution < -0.4 is 5.32 Å². The third-order valence-electron chi connectivity index (χ3n) is 4.69. The van der Waals surface area contributed by atoms with Crippen LogP contribution in [0.3, 0.4) is 0 Å². The lowest BCUT2D eigenvalue weighted by molar-refractivity contribution is -0.131. The van der Waals surface area contributed by atoms with E-state index in [0.29, 0.717) is 48.7 Å². The highest BCUT2D eigenvalue weighted by Gasteiger charge is 2.37. The lowest BCUT2D eigenvalue weighted by atomic mass is 9.94. The number of hydrogen-bond donors (Lipinski definition) is 1. The Labute approximate surface area is 156 Å². The zero-order valence-electron chi connectivity index (χ0n) is 14.7. The molecule has 0 aliphatic carbocycles. The third-order valence-corrected chi connectivity index (χ3v) is 5.03. The molecule has 4 rings (SSSR count). The molecule has 1 fully saturated rings. The maximum Gasteiger partial charge on any atom is 0.254 e. The first kappa shape index (κ1) is 17.1. The number of nitrogens with one attached hydrogen (secondary N) is 1. The number of nitrogens with zero attached hydrogens (tertiary/aromatic N) is 4. The zero-order valence-corrected chi connectivity index (χ0v) is 15.5. The van der Waals surface area contributed by atoms with Crippen LogP contribution in [-0.4, -0.2) is 51.9 Å². The molecule has 1 N–H and O–H groups in total. The molecule has 2 aliphatic rings. The largest absolute Gasteiger partial charge is 0.378 e. The summed E-state index contributed by atoms with van der Waals surface area (Å²) in [6, 6.07) is 7.13. The van der Waals surface area contributed by atoms with E-state index in [0.717, 1.165) is 11.3 Å². The predicted octanol–water partition coefficient (Wildman–Crippen LogP) is 2.39. The fraction of sp³-hybridized carbons (Fsp3) is 0.389. The van der Waals surface area contributed by atoms with Crippen molar-refractivity contribution in [3.8, 4) is 0 Å². The van der Waals surface area contributed by atoms with E-state index in [-0.39, 0.29) is 5.91 Å². The summed E-state index contributed by atoms with van der Waals surface area (Å²) in [5.41, 5.74) is 2.24. The molecule has 0 bridgehead atoms. The molecule has 8 heteroatoms. The lowest BCUT2D eigenvalue weighted by Gasteiger charge is -2.34. The van der Waals surface area contributed by atoms with Crippen LogP contribution in [0.1, 0.15) is 24.4 Å². The molecule has 7 nitrogen and oxygen atoms in total. The standard InChI is InChI=1S/C18H20ClN5O2/c1-11-15(17(25)23-7-9-26-10-8-23)16(13-5-3-4-6-14(13)19)24-18(20-11)21-12(2)22-24/h3-6,16H,7-10H2,1-2H3,(H,20,21,22)/t16-/m0/s1. The van der Waals surface area contributed by atoms with Gasteiger partial charge in [0, 0.05) is 29.4 Å². The molecule has 1 aromatic carbocycles. The van der Waals surface area contributed by atoms with Gasteiger partial charge in [0.2, 0.25) is 5.95 Å². The number of allylic oxidation sites excluding steroid dienone is 1. The van der Waals surface area contributed by atoms with E-state index in [9.17, 15) is 4.79 Å². The Morgan fingerprint density at radius 1 is 1.27 bits per heavy atom. The number of amides is 1. The minimum Gasteiger partial charge on any atom is -0.378 e. The first-order valence-electron chi connectivity index (χ1n) is 8.58. The quantitative estimate of drug-likeness (QED) is 0.875. The van der Waals surface area contributed by atoms with E-state index in [2.05, 4.69) is 15.4 Å². The Bertz CT molecular complexity index is 885. The summed E-state index contributed by atoms with van der Waals surface area (Å²) in [4.78, 5) is 19.6. The van der Waals surface area contributed by atoms with Gasteiger partial charge in [-0.1, -0.05) is 29.8 Å². The summed E-state index contributed by atoms with van der Waals surface area (Å²) >= 11 is 6.48. The van der Waals surface area contributed by atoms with Crippen molar-refractivity contribution in [3.63, 3.8) is 0 Å². The molecule has 136 valence electrons. The van der Waals surface area contributed by atoms with E-state index in [1.807, 2.05) is 43.0 Å². The number of carbonyl (C=O) groups is 1. The number of carbonyl (C=O) groups excluding carboxylic acids is 1. The number of ether oxygens (including phenoxy) is 1. The minimum atomic E-state index is -0.420. The third kappa shape index (κ3) is 2.87. The van der Waals surface area contributed by atoms with E-state index in [1.165, 1.54) is 0 Å². The maximum atomic E-state index is 13.3. The number of aryl methyl sites for hydroxylation is 1. The maximum absolute atomic E-state index is 13.3. The van der Waals surface area contributed by atoms with Crippen molar-refractivity contribution in [2.24, 2.45) is 0 Å². The number of anilines is 1. The summed E-state index contributed by atoms with van der Waals surface area (Å²) in [5, 5.41) is 8.33. The summed E-state index contributed by atoms with van der Waals surface area (Å²) < 4.78 is 7.13. The van der Waals surface area contributed by atoms with Gasteiger partial charge in [0.25, 0.3) is 5.91 Å². The van der Waals surface area contributed by atoms with Crippen LogP contribution in [0.2, 0.25) is 5.02 Å². The first-order chi connectivity index (χ1) is 12.6. The average molecular weight is 374 g/mol. The molecule has 0 unspecified atom stereocenters. The summed E-state index contributed by atoms with van der Waals surface area (Å²) in [7, 11) is 0. The highest BCUT2D eigenvalue weighted by Crippen LogP contribution is 2.38. The van der Waals surface area contributed by atoms with E-state index < -0.39 is 6.04 Å². The van der Waals surface area contributed by atoms with Gasteiger partial charge in [-0.05, 0) is 19.9 Å². The molecule has 26 heavy (non-hydrogen) atoms. The zero-order chi connectivity index (χ0) is 18.3. The number of morpholine rings is 1. The Morgan fingerprint density at radius 3 is 2.73 bits per heavy atom. The molecule has 0 spiro atoms. The van der Waals surface area contributed by atoms with Gasteiger partial charge in [-0.3, -0.25) is 4.79 Å². The molecule has 0 radical (unpaired) electrons. The second-order valence-electron chi connectivity index (χ2n) is 6.42. The number of aromatic nitrogens is 3. The van der Waals surface area contributed by atoms with Crippen LogP contribution in [0.5, 0.6) is 0 Å². The van der Waals surface area contributed by atoms with Gasteiger partial charge in [-0.2, -0.15) is 10.1 Å². The van der Waals surface area contributed by atoms with Crippen LogP contribution in [0.15, 0.2) is 35.5 Å². The number of benzene rings is 1. The molecule has 3 heterocycles. The van der Waals surface area contributed by atoms with Crippen molar-refractivity contribution < 1.29 is 9.53 Å². The van der Waals surface area contributed by atoms with E-state index in [4.69, 9.17) is 16.3 Å². The molecule has 1 saturated heterocycles. The molecular weight excluding hydrogens is 354 g/mol. The van der Waals surface area contributed by atoms with Crippen molar-refractivity contribution in [2.45, 2.75) is 19.9 Å². The Hall–Kier alpha value is -2.38. The minimum absolute atomic E-state index is 0.0259. The highest BCUT2D eigenvalue weighted by atomic mass is 35.5. The van der Waals surface area contributed by atoms with Crippen LogP contribution in [0.4, 0.5) is 5.95 Å². The Morgan fingerprint density at radius 2 is 2.00 bits per heavy atom. The van der Waals surface area contributed by atoms with Gasteiger partial charge in [0.1, 0.15) is 11.9 Å². The van der Waals surface area contributed by atoms with Gasteiger partial charge in [-0.25, -0.2) is 4.68 Å². The van der Waals surface area contributed by atoms with Crippen LogP contribution in [-0.2, 0) is 9.53 Å². The normalized spacial score (nSPS) is 20.0. The molecule has 1 atom stereocenters. The van der Waals surface area contributed by atoms with Crippen molar-refractivity contribution in [1.29, 1.82) is 0 Å². The first-order valence-corrected chi connectivity index (χ1v) is 8.96. The monoisotopic (exact) mass is 373 g/mol. The van der Waals surface area contributed by atoms with Crippen molar-refractivity contribution in [2.75, 3.05) is 31.6 Å². The lowest BCUT2D eigenvalue weighted by Crippen LogP contribution is -2.44. The van der Waals surface area contributed by atoms with Gasteiger partial charge in [-0.15, -0.1) is 0 Å². The van der Waals surface area contributed by atoms with Gasteiger partial charge in [0.05, 0.1) is 18.8 Å². The molecule has 1 amide bonds. The van der Waals surface area contributed by atoms with Gasteiger partial charge < -0.3 is 15.0 Å². The van der Waals surface area contributed by atoms with Gasteiger partial charge >= 0.3 is 0 Å². The number of fused-ring (bicyclic) bond motifs is 1. The predicted molar refractivity (Wildman–Crippen MR) is 98.1 cm³/mol. The number of hydrogen-bond acceptors (Lipinski definition) is 5. The Balaban J connectivity index is 1.84. The second-order valence-corrected chi connectivity index (χ2v) is 6.83. The number of halogens is 1. The summed E-state index contributed by atoms with van der Waals surface area (Å²) in [6.45, 7) is 5.98. The van der Waals surface area contributed by atoms with Crippen molar-refractivity contribution in [3.05, 3.63) is 51.9 Å². The number of rotatable bonds is 2. The SMILES string of the molecule is CC1=C(C(=O)N2CCOCC2)[C@H](c2ccccc2Cl)n2nc(C)nc2N1. The van der Waals surface area contributed by atoms with Crippen molar-refractivity contribution in [1.82, 2.24) is 19.7 Å². The van der Waals surface area contributed by atoms with E-state index >= 15 is 0 Å². The Kier molecular flexibility index (Phi) is 4.42. The van der Waals surface area contributed by atoms with Gasteiger partial charge in [0.15, 0.2) is 0 Å². The molecule has 2 aromatic rings. The van der Waals surface area contributed by atoms with E-state index in [1.54, 1.807) is 4.68 Å². The van der Waals surface area contributed by atoms with Crippen LogP contribution >= 0.6 is 11.6 Å². The highest BCUT2D eigenvalue weighted by molar-refractivity contribution is 6.31. The second kappa shape index (κ2) is 6.74. The topological polar surface area (TPSA) is 72.3 Å². The van der Waals surface area contributed by atoms with Crippen LogP contribution in [0.25, 0.3) is 0 Å².